The molecule has 1 amide bonds. The molecule has 0 bridgehead atoms. The SMILES string of the molecule is CCOC(=O)N(CCC1=CCCC[C@H]1O[Si](c1ccccc1)(c1ccccc1)C(C)(C)C)C(OCC)c1ccc(OC)cc1. The monoisotopic (exact) mass is 615 g/mol. The van der Waals surface area contributed by atoms with Crippen molar-refractivity contribution in [3.8, 4) is 5.75 Å². The second-order valence-corrected chi connectivity index (χ2v) is 16.5. The fourth-order valence-corrected chi connectivity index (χ4v) is 11.0. The van der Waals surface area contributed by atoms with Crippen molar-refractivity contribution in [2.24, 2.45) is 0 Å². The molecule has 3 aromatic rings. The Morgan fingerprint density at radius 3 is 2.05 bits per heavy atom. The highest BCUT2D eigenvalue weighted by atomic mass is 28.4. The van der Waals surface area contributed by atoms with Gasteiger partial charge >= 0.3 is 6.09 Å². The molecule has 1 aliphatic carbocycles. The van der Waals surface area contributed by atoms with Crippen LogP contribution in [0.15, 0.2) is 96.6 Å². The second-order valence-electron chi connectivity index (χ2n) is 12.2. The number of amides is 1. The summed E-state index contributed by atoms with van der Waals surface area (Å²) in [5.74, 6) is 0.752. The van der Waals surface area contributed by atoms with Crippen molar-refractivity contribution in [1.82, 2.24) is 4.90 Å². The van der Waals surface area contributed by atoms with Gasteiger partial charge in [-0.3, -0.25) is 4.90 Å². The molecule has 0 heterocycles. The molecule has 1 unspecified atom stereocenters. The topological polar surface area (TPSA) is 57.2 Å². The first kappa shape index (κ1) is 33.5. The maximum absolute atomic E-state index is 13.4. The molecule has 0 N–H and O–H groups in total. The molecule has 4 rings (SSSR count). The lowest BCUT2D eigenvalue weighted by molar-refractivity contribution is -0.0511. The first-order valence-corrected chi connectivity index (χ1v) is 17.8. The molecule has 0 saturated heterocycles. The molecule has 2 atom stereocenters. The Morgan fingerprint density at radius 1 is 0.909 bits per heavy atom. The highest BCUT2D eigenvalue weighted by Crippen LogP contribution is 2.40. The van der Waals surface area contributed by atoms with Crippen LogP contribution in [-0.4, -0.2) is 52.3 Å². The zero-order valence-electron chi connectivity index (χ0n) is 27.3. The Morgan fingerprint density at radius 2 is 1.52 bits per heavy atom. The van der Waals surface area contributed by atoms with E-state index in [9.17, 15) is 4.79 Å². The van der Waals surface area contributed by atoms with E-state index >= 15 is 0 Å². The fourth-order valence-electron chi connectivity index (χ4n) is 6.26. The summed E-state index contributed by atoms with van der Waals surface area (Å²) in [5.41, 5.74) is 2.11. The predicted octanol–water partition coefficient (Wildman–Crippen LogP) is 7.63. The Hall–Kier alpha value is -3.39. The van der Waals surface area contributed by atoms with Crippen LogP contribution in [0.2, 0.25) is 5.04 Å². The zero-order chi connectivity index (χ0) is 31.6. The van der Waals surface area contributed by atoms with Crippen LogP contribution >= 0.6 is 0 Å². The molecule has 0 spiro atoms. The normalized spacial score (nSPS) is 16.1. The quantitative estimate of drug-likeness (QED) is 0.112. The smallest absolute Gasteiger partial charge is 0.412 e. The molecule has 0 aromatic heterocycles. The number of hydrogen-bond acceptors (Lipinski definition) is 5. The molecule has 0 saturated carbocycles. The van der Waals surface area contributed by atoms with Crippen LogP contribution in [0.25, 0.3) is 0 Å². The lowest BCUT2D eigenvalue weighted by atomic mass is 9.94. The number of carbonyl (C=O) groups excluding carboxylic acids is 1. The molecule has 3 aromatic carbocycles. The van der Waals surface area contributed by atoms with E-state index in [0.29, 0.717) is 26.2 Å². The van der Waals surface area contributed by atoms with Gasteiger partial charge in [0.05, 0.1) is 19.8 Å². The van der Waals surface area contributed by atoms with Gasteiger partial charge in [0.25, 0.3) is 8.32 Å². The Balaban J connectivity index is 1.67. The third-order valence-electron chi connectivity index (χ3n) is 8.38. The number of carbonyl (C=O) groups is 1. The molecular weight excluding hydrogens is 566 g/mol. The third-order valence-corrected chi connectivity index (χ3v) is 13.4. The summed E-state index contributed by atoms with van der Waals surface area (Å²) >= 11 is 0. The minimum Gasteiger partial charge on any atom is -0.497 e. The number of rotatable bonds is 13. The number of benzene rings is 3. The molecule has 6 nitrogen and oxygen atoms in total. The van der Waals surface area contributed by atoms with Crippen molar-refractivity contribution in [3.05, 3.63) is 102 Å². The number of methoxy groups -OCH3 is 1. The minimum atomic E-state index is -2.75. The molecule has 0 aliphatic heterocycles. The third kappa shape index (κ3) is 7.63. The molecule has 1 aliphatic rings. The first-order chi connectivity index (χ1) is 21.2. The molecule has 236 valence electrons. The standard InChI is InChI=1S/C37H49NO5Si/c1-7-41-35(30-23-25-31(40-6)26-24-30)38(36(39)42-8-2)28-27-29-17-15-16-22-34(29)43-44(37(3,4)5,32-18-11-9-12-19-32)33-20-13-10-14-21-33/h9-14,17-21,23-26,34-35H,7-8,15-16,22,27-28H2,1-6H3/t34-,35?/m1/s1. The van der Waals surface area contributed by atoms with Crippen LogP contribution in [0.5, 0.6) is 5.75 Å². The average Bonchev–Trinajstić information content (AvgIpc) is 3.04. The van der Waals surface area contributed by atoms with Crippen molar-refractivity contribution in [3.63, 3.8) is 0 Å². The maximum atomic E-state index is 13.4. The fraction of sp³-hybridized carbons (Fsp3) is 0.432. The Labute approximate surface area is 265 Å². The summed E-state index contributed by atoms with van der Waals surface area (Å²) in [4.78, 5) is 15.1. The van der Waals surface area contributed by atoms with E-state index in [1.807, 2.05) is 38.1 Å². The summed E-state index contributed by atoms with van der Waals surface area (Å²) in [6, 6.07) is 29.3. The van der Waals surface area contributed by atoms with Gasteiger partial charge in [0.15, 0.2) is 6.23 Å². The summed E-state index contributed by atoms with van der Waals surface area (Å²) < 4.78 is 24.7. The van der Waals surface area contributed by atoms with Gasteiger partial charge in [-0.25, -0.2) is 4.79 Å². The van der Waals surface area contributed by atoms with Gasteiger partial charge in [0.1, 0.15) is 5.75 Å². The number of hydrogen-bond donors (Lipinski definition) is 0. The van der Waals surface area contributed by atoms with Crippen LogP contribution in [0.4, 0.5) is 4.79 Å². The number of ether oxygens (including phenoxy) is 3. The molecular formula is C37H49NO5Si. The van der Waals surface area contributed by atoms with Gasteiger partial charge < -0.3 is 18.6 Å². The number of nitrogens with zero attached hydrogens (tertiary/aromatic N) is 1. The van der Waals surface area contributed by atoms with Crippen LogP contribution in [0.3, 0.4) is 0 Å². The van der Waals surface area contributed by atoms with Gasteiger partial charge in [-0.05, 0) is 72.6 Å². The molecule has 0 fully saturated rings. The first-order valence-electron chi connectivity index (χ1n) is 15.9. The summed E-state index contributed by atoms with van der Waals surface area (Å²) in [7, 11) is -1.11. The maximum Gasteiger partial charge on any atom is 0.412 e. The lowest BCUT2D eigenvalue weighted by Crippen LogP contribution is -2.68. The summed E-state index contributed by atoms with van der Waals surface area (Å²) in [5, 5.41) is 2.42. The highest BCUT2D eigenvalue weighted by Gasteiger charge is 2.51. The van der Waals surface area contributed by atoms with Crippen LogP contribution < -0.4 is 15.1 Å². The lowest BCUT2D eigenvalue weighted by Gasteiger charge is -2.46. The highest BCUT2D eigenvalue weighted by molar-refractivity contribution is 6.99. The van der Waals surface area contributed by atoms with Gasteiger partial charge in [0.2, 0.25) is 0 Å². The van der Waals surface area contributed by atoms with Crippen molar-refractivity contribution in [2.45, 2.75) is 77.7 Å². The largest absolute Gasteiger partial charge is 0.497 e. The van der Waals surface area contributed by atoms with Crippen molar-refractivity contribution >= 4 is 24.8 Å². The van der Waals surface area contributed by atoms with E-state index in [1.165, 1.54) is 15.9 Å². The molecule has 44 heavy (non-hydrogen) atoms. The van der Waals surface area contributed by atoms with Gasteiger partial charge in [0, 0.05) is 18.7 Å². The van der Waals surface area contributed by atoms with Gasteiger partial charge in [-0.1, -0.05) is 99.6 Å². The average molecular weight is 616 g/mol. The van der Waals surface area contributed by atoms with Crippen LogP contribution in [0.1, 0.15) is 72.1 Å². The van der Waals surface area contributed by atoms with Gasteiger partial charge in [-0.15, -0.1) is 0 Å². The van der Waals surface area contributed by atoms with E-state index < -0.39 is 14.5 Å². The van der Waals surface area contributed by atoms with E-state index in [1.54, 1.807) is 12.0 Å². The second kappa shape index (κ2) is 15.6. The molecule has 0 radical (unpaired) electrons. The summed E-state index contributed by atoms with van der Waals surface area (Å²) in [6.45, 7) is 11.9. The van der Waals surface area contributed by atoms with E-state index in [4.69, 9.17) is 18.6 Å². The van der Waals surface area contributed by atoms with Crippen LogP contribution in [-0.2, 0) is 13.9 Å². The minimum absolute atomic E-state index is 0.0503. The number of allylic oxidation sites excluding steroid dienone is 1. The van der Waals surface area contributed by atoms with E-state index in [-0.39, 0.29) is 17.2 Å². The van der Waals surface area contributed by atoms with Gasteiger partial charge in [-0.2, -0.15) is 0 Å². The van der Waals surface area contributed by atoms with E-state index in [0.717, 1.165) is 30.6 Å². The predicted molar refractivity (Wildman–Crippen MR) is 180 cm³/mol. The molecule has 7 heteroatoms. The van der Waals surface area contributed by atoms with Crippen molar-refractivity contribution < 1.29 is 23.4 Å². The summed E-state index contributed by atoms with van der Waals surface area (Å²) in [6.07, 6.45) is 5.01. The van der Waals surface area contributed by atoms with E-state index in [2.05, 4.69) is 87.5 Å². The Bertz CT molecular complexity index is 1300. The van der Waals surface area contributed by atoms with Crippen molar-refractivity contribution in [1.29, 1.82) is 0 Å². The van der Waals surface area contributed by atoms with Crippen molar-refractivity contribution in [2.75, 3.05) is 26.9 Å². The Kier molecular flexibility index (Phi) is 11.8. The zero-order valence-corrected chi connectivity index (χ0v) is 28.3. The van der Waals surface area contributed by atoms with Crippen LogP contribution in [0, 0.1) is 0 Å².